The number of aromatic nitrogens is 2. The van der Waals surface area contributed by atoms with Crippen LogP contribution in [0.15, 0.2) is 36.4 Å². The molecule has 0 saturated carbocycles. The molecule has 2 heterocycles. The van der Waals surface area contributed by atoms with Crippen LogP contribution in [0, 0.1) is 6.92 Å². The van der Waals surface area contributed by atoms with Crippen molar-refractivity contribution < 1.29 is 0 Å². The molecule has 1 fully saturated rings. The highest BCUT2D eigenvalue weighted by Gasteiger charge is 2.37. The molecule has 0 atom stereocenters. The zero-order valence-electron chi connectivity index (χ0n) is 15.4. The molecule has 1 aliphatic rings. The van der Waals surface area contributed by atoms with E-state index in [0.29, 0.717) is 6.04 Å². The fraction of sp³-hybridized carbons (Fsp3) is 0.500. The molecule has 0 bridgehead atoms. The summed E-state index contributed by atoms with van der Waals surface area (Å²) in [4.78, 5) is 0. The number of hydrogen-bond acceptors (Lipinski definition) is 4. The molecular formula is C20H28N4. The van der Waals surface area contributed by atoms with Gasteiger partial charge in [0, 0.05) is 22.7 Å². The second-order valence-corrected chi connectivity index (χ2v) is 8.26. The molecule has 1 aromatic heterocycles. The van der Waals surface area contributed by atoms with E-state index in [1.54, 1.807) is 0 Å². The molecular weight excluding hydrogens is 296 g/mol. The number of aryl methyl sites for hydroxylation is 1. The van der Waals surface area contributed by atoms with E-state index in [2.05, 4.69) is 73.6 Å². The Morgan fingerprint density at radius 3 is 2.21 bits per heavy atom. The van der Waals surface area contributed by atoms with Crippen molar-refractivity contribution >= 4 is 5.82 Å². The zero-order chi connectivity index (χ0) is 17.4. The third-order valence-corrected chi connectivity index (χ3v) is 4.63. The molecule has 1 aliphatic heterocycles. The fourth-order valence-corrected chi connectivity index (χ4v) is 4.05. The maximum Gasteiger partial charge on any atom is 0.148 e. The maximum absolute atomic E-state index is 4.42. The number of piperidine rings is 1. The average molecular weight is 324 g/mol. The van der Waals surface area contributed by atoms with Crippen molar-refractivity contribution in [3.05, 3.63) is 42.0 Å². The van der Waals surface area contributed by atoms with Crippen molar-refractivity contribution in [2.24, 2.45) is 0 Å². The Morgan fingerprint density at radius 1 is 0.958 bits per heavy atom. The van der Waals surface area contributed by atoms with Gasteiger partial charge in [-0.3, -0.25) is 0 Å². The molecule has 1 aromatic carbocycles. The Kier molecular flexibility index (Phi) is 4.35. The van der Waals surface area contributed by atoms with Gasteiger partial charge in [-0.25, -0.2) is 0 Å². The molecule has 4 heteroatoms. The molecule has 2 N–H and O–H groups in total. The Morgan fingerprint density at radius 2 is 1.62 bits per heavy atom. The Hall–Kier alpha value is -1.94. The highest BCUT2D eigenvalue weighted by Crippen LogP contribution is 2.30. The maximum atomic E-state index is 4.42. The van der Waals surface area contributed by atoms with Crippen LogP contribution < -0.4 is 10.6 Å². The smallest absolute Gasteiger partial charge is 0.148 e. The summed E-state index contributed by atoms with van der Waals surface area (Å²) >= 11 is 0. The van der Waals surface area contributed by atoms with Gasteiger partial charge in [0.15, 0.2) is 0 Å². The predicted octanol–water partition coefficient (Wildman–Crippen LogP) is 4.17. The van der Waals surface area contributed by atoms with Crippen LogP contribution in [-0.2, 0) is 0 Å². The monoisotopic (exact) mass is 324 g/mol. The third kappa shape index (κ3) is 3.93. The van der Waals surface area contributed by atoms with Gasteiger partial charge >= 0.3 is 0 Å². The van der Waals surface area contributed by atoms with Gasteiger partial charge in [0.25, 0.3) is 0 Å². The standard InChI is InChI=1S/C20H28N4/c1-14-8-6-7-9-16(14)17-10-11-18(23-22-17)21-15-12-19(2,3)24-20(4,5)13-15/h6-11,15,24H,12-13H2,1-5H3,(H,21,23). The van der Waals surface area contributed by atoms with Gasteiger partial charge in [0.05, 0.1) is 5.69 Å². The normalized spacial score (nSPS) is 19.9. The van der Waals surface area contributed by atoms with Crippen LogP contribution in [0.2, 0.25) is 0 Å². The molecule has 3 rings (SSSR count). The number of nitrogens with zero attached hydrogens (tertiary/aromatic N) is 2. The van der Waals surface area contributed by atoms with Crippen LogP contribution in [-0.4, -0.2) is 27.3 Å². The van der Waals surface area contributed by atoms with E-state index in [9.17, 15) is 0 Å². The number of anilines is 1. The number of hydrogen-bond donors (Lipinski definition) is 2. The van der Waals surface area contributed by atoms with Gasteiger partial charge in [0.2, 0.25) is 0 Å². The van der Waals surface area contributed by atoms with Crippen LogP contribution in [0.4, 0.5) is 5.82 Å². The van der Waals surface area contributed by atoms with Gasteiger partial charge in [-0.1, -0.05) is 24.3 Å². The van der Waals surface area contributed by atoms with E-state index in [1.807, 2.05) is 18.2 Å². The first-order valence-electron chi connectivity index (χ1n) is 8.70. The van der Waals surface area contributed by atoms with E-state index in [-0.39, 0.29) is 11.1 Å². The van der Waals surface area contributed by atoms with Gasteiger partial charge in [-0.05, 0) is 65.2 Å². The summed E-state index contributed by atoms with van der Waals surface area (Å²) in [6.45, 7) is 11.1. The minimum Gasteiger partial charge on any atom is -0.366 e. The summed E-state index contributed by atoms with van der Waals surface area (Å²) in [6, 6.07) is 12.8. The van der Waals surface area contributed by atoms with Crippen molar-refractivity contribution in [3.8, 4) is 11.3 Å². The summed E-state index contributed by atoms with van der Waals surface area (Å²) in [5.74, 6) is 0.853. The molecule has 128 valence electrons. The molecule has 0 spiro atoms. The lowest BCUT2D eigenvalue weighted by Crippen LogP contribution is -2.60. The summed E-state index contributed by atoms with van der Waals surface area (Å²) < 4.78 is 0. The zero-order valence-corrected chi connectivity index (χ0v) is 15.4. The number of benzene rings is 1. The molecule has 1 saturated heterocycles. The highest BCUT2D eigenvalue weighted by atomic mass is 15.2. The quantitative estimate of drug-likeness (QED) is 0.889. The predicted molar refractivity (Wildman–Crippen MR) is 100 cm³/mol. The topological polar surface area (TPSA) is 49.8 Å². The van der Waals surface area contributed by atoms with Crippen molar-refractivity contribution in [2.75, 3.05) is 5.32 Å². The molecule has 4 nitrogen and oxygen atoms in total. The van der Waals surface area contributed by atoms with Gasteiger partial charge in [-0.15, -0.1) is 10.2 Å². The first-order valence-corrected chi connectivity index (χ1v) is 8.70. The van der Waals surface area contributed by atoms with Crippen LogP contribution >= 0.6 is 0 Å². The SMILES string of the molecule is Cc1ccccc1-c1ccc(NC2CC(C)(C)NC(C)(C)C2)nn1. The number of nitrogens with one attached hydrogen (secondary N) is 2. The lowest BCUT2D eigenvalue weighted by molar-refractivity contribution is 0.170. The van der Waals surface area contributed by atoms with Crippen molar-refractivity contribution in [2.45, 2.75) is 64.6 Å². The summed E-state index contributed by atoms with van der Waals surface area (Å²) in [7, 11) is 0. The van der Waals surface area contributed by atoms with E-state index >= 15 is 0 Å². The van der Waals surface area contributed by atoms with E-state index < -0.39 is 0 Å². The average Bonchev–Trinajstić information content (AvgIpc) is 2.45. The highest BCUT2D eigenvalue weighted by molar-refractivity contribution is 5.63. The first kappa shape index (κ1) is 16.9. The van der Waals surface area contributed by atoms with Crippen molar-refractivity contribution in [1.29, 1.82) is 0 Å². The number of rotatable bonds is 3. The second kappa shape index (κ2) is 6.17. The lowest BCUT2D eigenvalue weighted by atomic mass is 9.79. The van der Waals surface area contributed by atoms with Crippen LogP contribution in [0.3, 0.4) is 0 Å². The molecule has 0 radical (unpaired) electrons. The van der Waals surface area contributed by atoms with Gasteiger partial charge in [-0.2, -0.15) is 0 Å². The Balaban J connectivity index is 1.74. The molecule has 0 unspecified atom stereocenters. The van der Waals surface area contributed by atoms with Crippen LogP contribution in [0.1, 0.15) is 46.1 Å². The summed E-state index contributed by atoms with van der Waals surface area (Å²) in [6.07, 6.45) is 2.13. The minimum absolute atomic E-state index is 0.119. The van der Waals surface area contributed by atoms with Gasteiger partial charge in [0.1, 0.15) is 5.82 Å². The Bertz CT molecular complexity index is 688. The molecule has 2 aromatic rings. The summed E-state index contributed by atoms with van der Waals surface area (Å²) in [5, 5.41) is 16.1. The molecule has 0 amide bonds. The van der Waals surface area contributed by atoms with Crippen molar-refractivity contribution in [1.82, 2.24) is 15.5 Å². The molecule has 0 aliphatic carbocycles. The van der Waals surface area contributed by atoms with E-state index in [4.69, 9.17) is 0 Å². The van der Waals surface area contributed by atoms with Crippen LogP contribution in [0.5, 0.6) is 0 Å². The Labute approximate surface area is 145 Å². The fourth-order valence-electron chi connectivity index (χ4n) is 4.05. The van der Waals surface area contributed by atoms with Gasteiger partial charge < -0.3 is 10.6 Å². The largest absolute Gasteiger partial charge is 0.366 e. The van der Waals surface area contributed by atoms with Crippen molar-refractivity contribution in [3.63, 3.8) is 0 Å². The minimum atomic E-state index is 0.119. The van der Waals surface area contributed by atoms with E-state index in [1.165, 1.54) is 5.56 Å². The second-order valence-electron chi connectivity index (χ2n) is 8.26. The molecule has 24 heavy (non-hydrogen) atoms. The van der Waals surface area contributed by atoms with Crippen LogP contribution in [0.25, 0.3) is 11.3 Å². The first-order chi connectivity index (χ1) is 11.2. The van der Waals surface area contributed by atoms with E-state index in [0.717, 1.165) is 29.9 Å². The lowest BCUT2D eigenvalue weighted by Gasteiger charge is -2.46. The third-order valence-electron chi connectivity index (χ3n) is 4.63. The summed E-state index contributed by atoms with van der Waals surface area (Å²) in [5.41, 5.74) is 3.52.